The fourth-order valence-corrected chi connectivity index (χ4v) is 2.37. The molecule has 0 aromatic heterocycles. The van der Waals surface area contributed by atoms with Gasteiger partial charge in [0.2, 0.25) is 0 Å². The molecule has 0 aliphatic heterocycles. The van der Waals surface area contributed by atoms with Crippen LogP contribution in [-0.4, -0.2) is 11.9 Å². The van der Waals surface area contributed by atoms with Crippen molar-refractivity contribution in [1.29, 1.82) is 0 Å². The predicted molar refractivity (Wildman–Crippen MR) is 84.8 cm³/mol. The summed E-state index contributed by atoms with van der Waals surface area (Å²) >= 11 is 9.44. The first kappa shape index (κ1) is 15.1. The molecule has 0 atom stereocenters. The Labute approximate surface area is 131 Å². The minimum absolute atomic E-state index is 0.0646. The Morgan fingerprint density at radius 1 is 1.20 bits per heavy atom. The van der Waals surface area contributed by atoms with E-state index >= 15 is 0 Å². The van der Waals surface area contributed by atoms with Gasteiger partial charge in [0.15, 0.2) is 5.78 Å². The zero-order valence-electron chi connectivity index (χ0n) is 11.2. The molecular weight excluding hydrogens is 340 g/mol. The number of hydrogen-bond donors (Lipinski definition) is 0. The molecule has 2 aromatic rings. The van der Waals surface area contributed by atoms with Crippen LogP contribution >= 0.6 is 27.5 Å². The van der Waals surface area contributed by atoms with E-state index in [1.807, 2.05) is 19.9 Å². The lowest BCUT2D eigenvalue weighted by Gasteiger charge is -2.11. The van der Waals surface area contributed by atoms with E-state index in [-0.39, 0.29) is 11.9 Å². The maximum Gasteiger partial charge on any atom is 0.194 e. The molecule has 0 bridgehead atoms. The Morgan fingerprint density at radius 2 is 1.95 bits per heavy atom. The maximum atomic E-state index is 12.5. The number of carbonyl (C=O) groups excluding carboxylic acids is 1. The molecule has 0 heterocycles. The molecule has 0 saturated heterocycles. The first-order valence-corrected chi connectivity index (χ1v) is 7.41. The highest BCUT2D eigenvalue weighted by molar-refractivity contribution is 9.10. The van der Waals surface area contributed by atoms with Crippen LogP contribution in [-0.2, 0) is 0 Å². The van der Waals surface area contributed by atoms with Gasteiger partial charge in [-0.2, -0.15) is 0 Å². The lowest BCUT2D eigenvalue weighted by atomic mass is 10.0. The summed E-state index contributed by atoms with van der Waals surface area (Å²) in [6.45, 7) is 3.89. The number of rotatable bonds is 4. The highest BCUT2D eigenvalue weighted by Crippen LogP contribution is 2.25. The third kappa shape index (κ3) is 3.62. The van der Waals surface area contributed by atoms with E-state index in [9.17, 15) is 4.79 Å². The van der Waals surface area contributed by atoms with Crippen molar-refractivity contribution in [1.82, 2.24) is 0 Å². The van der Waals surface area contributed by atoms with E-state index in [0.29, 0.717) is 21.9 Å². The van der Waals surface area contributed by atoms with Crippen molar-refractivity contribution in [2.24, 2.45) is 0 Å². The van der Waals surface area contributed by atoms with Gasteiger partial charge in [0.05, 0.1) is 11.1 Å². The van der Waals surface area contributed by atoms with E-state index in [1.54, 1.807) is 36.4 Å². The van der Waals surface area contributed by atoms with Crippen LogP contribution in [0.15, 0.2) is 46.9 Å². The lowest BCUT2D eigenvalue weighted by molar-refractivity contribution is 0.103. The summed E-state index contributed by atoms with van der Waals surface area (Å²) in [6.07, 6.45) is 0.0646. The molecule has 4 heteroatoms. The molecule has 0 saturated carbocycles. The molecule has 0 radical (unpaired) electrons. The Kier molecular flexibility index (Phi) is 4.84. The molecule has 104 valence electrons. The Bertz CT molecular complexity index is 638. The molecule has 0 spiro atoms. The molecule has 0 unspecified atom stereocenters. The van der Waals surface area contributed by atoms with Gasteiger partial charge < -0.3 is 4.74 Å². The van der Waals surface area contributed by atoms with Crippen LogP contribution in [0, 0.1) is 0 Å². The van der Waals surface area contributed by atoms with Gasteiger partial charge in [0, 0.05) is 15.6 Å². The summed E-state index contributed by atoms with van der Waals surface area (Å²) in [4.78, 5) is 12.5. The smallest absolute Gasteiger partial charge is 0.194 e. The van der Waals surface area contributed by atoms with E-state index in [0.717, 1.165) is 4.47 Å². The fourth-order valence-electron chi connectivity index (χ4n) is 1.81. The molecule has 2 rings (SSSR count). The molecule has 2 aromatic carbocycles. The minimum atomic E-state index is -0.120. The van der Waals surface area contributed by atoms with Gasteiger partial charge in [0.1, 0.15) is 5.75 Å². The highest BCUT2D eigenvalue weighted by atomic mass is 79.9. The highest BCUT2D eigenvalue weighted by Gasteiger charge is 2.14. The van der Waals surface area contributed by atoms with Crippen molar-refractivity contribution in [3.05, 3.63) is 63.1 Å². The van der Waals surface area contributed by atoms with Crippen LogP contribution in [0.2, 0.25) is 5.02 Å². The largest absolute Gasteiger partial charge is 0.491 e. The SMILES string of the molecule is CC(C)Oc1cccc(C(=O)c2cc(Br)ccc2Cl)c1. The summed E-state index contributed by atoms with van der Waals surface area (Å²) in [6, 6.07) is 12.4. The van der Waals surface area contributed by atoms with Crippen LogP contribution in [0.1, 0.15) is 29.8 Å². The standard InChI is InChI=1S/C16H14BrClO2/c1-10(2)20-13-5-3-4-11(8-13)16(19)14-9-12(17)6-7-15(14)18/h3-10H,1-2H3. The molecule has 0 N–H and O–H groups in total. The third-order valence-electron chi connectivity index (χ3n) is 2.64. The maximum absolute atomic E-state index is 12.5. The summed E-state index contributed by atoms with van der Waals surface area (Å²) in [5.41, 5.74) is 1.03. The first-order valence-electron chi connectivity index (χ1n) is 6.24. The lowest BCUT2D eigenvalue weighted by Crippen LogP contribution is -2.07. The molecule has 0 fully saturated rings. The zero-order valence-corrected chi connectivity index (χ0v) is 13.5. The van der Waals surface area contributed by atoms with Crippen molar-refractivity contribution in [2.75, 3.05) is 0 Å². The fraction of sp³-hybridized carbons (Fsp3) is 0.188. The van der Waals surface area contributed by atoms with Crippen molar-refractivity contribution < 1.29 is 9.53 Å². The molecular formula is C16H14BrClO2. The van der Waals surface area contributed by atoms with Crippen LogP contribution in [0.25, 0.3) is 0 Å². The van der Waals surface area contributed by atoms with Gasteiger partial charge in [-0.05, 0) is 44.2 Å². The average Bonchev–Trinajstić information content (AvgIpc) is 2.40. The third-order valence-corrected chi connectivity index (χ3v) is 3.46. The first-order chi connectivity index (χ1) is 9.47. The molecule has 20 heavy (non-hydrogen) atoms. The molecule has 0 aliphatic rings. The Balaban J connectivity index is 2.35. The van der Waals surface area contributed by atoms with Crippen LogP contribution in [0.4, 0.5) is 0 Å². The summed E-state index contributed by atoms with van der Waals surface area (Å²) < 4.78 is 6.42. The molecule has 0 aliphatic carbocycles. The van der Waals surface area contributed by atoms with Crippen molar-refractivity contribution in [2.45, 2.75) is 20.0 Å². The topological polar surface area (TPSA) is 26.3 Å². The van der Waals surface area contributed by atoms with Crippen LogP contribution < -0.4 is 4.74 Å². The van der Waals surface area contributed by atoms with Gasteiger partial charge in [-0.15, -0.1) is 0 Å². The quantitative estimate of drug-likeness (QED) is 0.713. The number of ether oxygens (including phenoxy) is 1. The van der Waals surface area contributed by atoms with Crippen molar-refractivity contribution in [3.63, 3.8) is 0 Å². The minimum Gasteiger partial charge on any atom is -0.491 e. The second kappa shape index (κ2) is 6.42. The van der Waals surface area contributed by atoms with Crippen molar-refractivity contribution >= 4 is 33.3 Å². The average molecular weight is 354 g/mol. The number of ketones is 1. The predicted octanol–water partition coefficient (Wildman–Crippen LogP) is 5.12. The normalized spacial score (nSPS) is 10.7. The van der Waals surface area contributed by atoms with Gasteiger partial charge in [0.25, 0.3) is 0 Å². The number of carbonyl (C=O) groups is 1. The van der Waals surface area contributed by atoms with Crippen LogP contribution in [0.3, 0.4) is 0 Å². The van der Waals surface area contributed by atoms with Crippen molar-refractivity contribution in [3.8, 4) is 5.75 Å². The second-order valence-corrected chi connectivity index (χ2v) is 5.97. The Morgan fingerprint density at radius 3 is 2.65 bits per heavy atom. The number of halogens is 2. The summed E-state index contributed by atoms with van der Waals surface area (Å²) in [5, 5.41) is 0.438. The van der Waals surface area contributed by atoms with E-state index < -0.39 is 0 Å². The van der Waals surface area contributed by atoms with Gasteiger partial charge in [-0.1, -0.05) is 39.7 Å². The number of hydrogen-bond acceptors (Lipinski definition) is 2. The van der Waals surface area contributed by atoms with Gasteiger partial charge >= 0.3 is 0 Å². The van der Waals surface area contributed by atoms with Crippen LogP contribution in [0.5, 0.6) is 5.75 Å². The molecule has 2 nitrogen and oxygen atoms in total. The number of benzene rings is 2. The van der Waals surface area contributed by atoms with Gasteiger partial charge in [-0.3, -0.25) is 4.79 Å². The van der Waals surface area contributed by atoms with Gasteiger partial charge in [-0.25, -0.2) is 0 Å². The summed E-state index contributed by atoms with van der Waals surface area (Å²) in [7, 11) is 0. The second-order valence-electron chi connectivity index (χ2n) is 4.65. The zero-order chi connectivity index (χ0) is 14.7. The monoisotopic (exact) mass is 352 g/mol. The molecule has 0 amide bonds. The van der Waals surface area contributed by atoms with E-state index in [1.165, 1.54) is 0 Å². The van der Waals surface area contributed by atoms with E-state index in [2.05, 4.69) is 15.9 Å². The Hall–Kier alpha value is -1.32. The summed E-state index contributed by atoms with van der Waals surface area (Å²) in [5.74, 6) is 0.558. The van der Waals surface area contributed by atoms with E-state index in [4.69, 9.17) is 16.3 Å².